The molecule has 1 saturated carbocycles. The van der Waals surface area contributed by atoms with E-state index in [0.29, 0.717) is 6.04 Å². The fourth-order valence-electron chi connectivity index (χ4n) is 3.66. The Labute approximate surface area is 124 Å². The van der Waals surface area contributed by atoms with Gasteiger partial charge in [-0.25, -0.2) is 0 Å². The fourth-order valence-corrected chi connectivity index (χ4v) is 3.66. The summed E-state index contributed by atoms with van der Waals surface area (Å²) in [6.07, 6.45) is 10.2. The third-order valence-electron chi connectivity index (χ3n) is 4.83. The van der Waals surface area contributed by atoms with E-state index in [1.54, 1.807) is 0 Å². The van der Waals surface area contributed by atoms with Gasteiger partial charge in [0.05, 0.1) is 0 Å². The van der Waals surface area contributed by atoms with E-state index >= 15 is 0 Å². The molecule has 1 aromatic heterocycles. The van der Waals surface area contributed by atoms with Crippen LogP contribution >= 0.6 is 0 Å². The van der Waals surface area contributed by atoms with E-state index in [1.807, 2.05) is 0 Å². The van der Waals surface area contributed by atoms with Gasteiger partial charge in [-0.2, -0.15) is 0 Å². The molecule has 3 unspecified atom stereocenters. The predicted octanol–water partition coefficient (Wildman–Crippen LogP) is 4.65. The Kier molecular flexibility index (Phi) is 6.03. The standard InChI is InChI=1S/C18H30N2/c1-4-12-19-18(16-11-10-14(3)20-13-16)17-9-7-6-8-15(17)5-2/h10-11,13,15,17-19H,4-9,12H2,1-3H3. The maximum atomic E-state index is 4.51. The number of aromatic nitrogens is 1. The normalized spacial score (nSPS) is 24.6. The van der Waals surface area contributed by atoms with Gasteiger partial charge >= 0.3 is 0 Å². The number of pyridine rings is 1. The van der Waals surface area contributed by atoms with Crippen LogP contribution in [-0.4, -0.2) is 11.5 Å². The lowest BCUT2D eigenvalue weighted by Gasteiger charge is -2.37. The second-order valence-electron chi connectivity index (χ2n) is 6.28. The Hall–Kier alpha value is -0.890. The van der Waals surface area contributed by atoms with E-state index < -0.39 is 0 Å². The maximum absolute atomic E-state index is 4.51. The largest absolute Gasteiger partial charge is 0.310 e. The van der Waals surface area contributed by atoms with Crippen molar-refractivity contribution in [3.8, 4) is 0 Å². The first kappa shape index (κ1) is 15.5. The van der Waals surface area contributed by atoms with Crippen LogP contribution in [0, 0.1) is 18.8 Å². The summed E-state index contributed by atoms with van der Waals surface area (Å²) in [6.45, 7) is 7.77. The van der Waals surface area contributed by atoms with Crippen molar-refractivity contribution in [2.75, 3.05) is 6.54 Å². The molecule has 1 aliphatic rings. The summed E-state index contributed by atoms with van der Waals surface area (Å²) in [6, 6.07) is 4.92. The minimum absolute atomic E-state index is 0.494. The van der Waals surface area contributed by atoms with Crippen molar-refractivity contribution in [2.24, 2.45) is 11.8 Å². The lowest BCUT2D eigenvalue weighted by atomic mass is 9.72. The van der Waals surface area contributed by atoms with Crippen molar-refractivity contribution in [3.63, 3.8) is 0 Å². The highest BCUT2D eigenvalue weighted by molar-refractivity contribution is 5.18. The molecule has 0 aliphatic heterocycles. The van der Waals surface area contributed by atoms with Gasteiger partial charge in [0, 0.05) is 17.9 Å². The van der Waals surface area contributed by atoms with Crippen molar-refractivity contribution in [1.29, 1.82) is 0 Å². The van der Waals surface area contributed by atoms with E-state index in [0.717, 1.165) is 24.1 Å². The molecule has 1 heterocycles. The first-order chi connectivity index (χ1) is 9.76. The number of aryl methyl sites for hydroxylation is 1. The number of hydrogen-bond donors (Lipinski definition) is 1. The van der Waals surface area contributed by atoms with E-state index in [2.05, 4.69) is 49.4 Å². The highest BCUT2D eigenvalue weighted by Crippen LogP contribution is 2.40. The topological polar surface area (TPSA) is 24.9 Å². The molecule has 0 saturated heterocycles. The van der Waals surface area contributed by atoms with Crippen LogP contribution < -0.4 is 5.32 Å². The number of nitrogens with one attached hydrogen (secondary N) is 1. The molecule has 112 valence electrons. The Balaban J connectivity index is 2.18. The first-order valence-corrected chi connectivity index (χ1v) is 8.42. The number of hydrogen-bond acceptors (Lipinski definition) is 2. The SMILES string of the molecule is CCCNC(c1ccc(C)nc1)C1CCCCC1CC. The molecule has 0 spiro atoms. The van der Waals surface area contributed by atoms with Crippen LogP contribution in [0.25, 0.3) is 0 Å². The lowest BCUT2D eigenvalue weighted by Crippen LogP contribution is -2.35. The van der Waals surface area contributed by atoms with Crippen molar-refractivity contribution in [1.82, 2.24) is 10.3 Å². The van der Waals surface area contributed by atoms with Gasteiger partial charge in [0.15, 0.2) is 0 Å². The molecular formula is C18H30N2. The minimum Gasteiger partial charge on any atom is -0.310 e. The molecule has 1 aliphatic carbocycles. The minimum atomic E-state index is 0.494. The maximum Gasteiger partial charge on any atom is 0.0372 e. The summed E-state index contributed by atoms with van der Waals surface area (Å²) in [5, 5.41) is 3.80. The third-order valence-corrected chi connectivity index (χ3v) is 4.83. The van der Waals surface area contributed by atoms with Gasteiger partial charge in [-0.3, -0.25) is 4.98 Å². The monoisotopic (exact) mass is 274 g/mol. The van der Waals surface area contributed by atoms with Gasteiger partial charge in [0.1, 0.15) is 0 Å². The Morgan fingerprint density at radius 3 is 2.70 bits per heavy atom. The van der Waals surface area contributed by atoms with Crippen LogP contribution in [0.4, 0.5) is 0 Å². The van der Waals surface area contributed by atoms with Gasteiger partial charge in [-0.1, -0.05) is 45.6 Å². The average Bonchev–Trinajstić information content (AvgIpc) is 2.50. The van der Waals surface area contributed by atoms with Crippen LogP contribution in [0.15, 0.2) is 18.3 Å². The van der Waals surface area contributed by atoms with Gasteiger partial charge < -0.3 is 5.32 Å². The first-order valence-electron chi connectivity index (χ1n) is 8.42. The zero-order valence-electron chi connectivity index (χ0n) is 13.4. The summed E-state index contributed by atoms with van der Waals surface area (Å²) < 4.78 is 0. The molecule has 1 aromatic rings. The van der Waals surface area contributed by atoms with E-state index in [9.17, 15) is 0 Å². The molecule has 3 atom stereocenters. The number of nitrogens with zero attached hydrogens (tertiary/aromatic N) is 1. The summed E-state index contributed by atoms with van der Waals surface area (Å²) in [5.41, 5.74) is 2.49. The highest BCUT2D eigenvalue weighted by Gasteiger charge is 2.31. The van der Waals surface area contributed by atoms with Gasteiger partial charge in [0.2, 0.25) is 0 Å². The molecule has 1 N–H and O–H groups in total. The summed E-state index contributed by atoms with van der Waals surface area (Å²) >= 11 is 0. The molecule has 20 heavy (non-hydrogen) atoms. The van der Waals surface area contributed by atoms with Crippen molar-refractivity contribution in [3.05, 3.63) is 29.6 Å². The molecule has 2 rings (SSSR count). The second kappa shape index (κ2) is 7.78. The van der Waals surface area contributed by atoms with Crippen molar-refractivity contribution < 1.29 is 0 Å². The summed E-state index contributed by atoms with van der Waals surface area (Å²) in [5.74, 6) is 1.66. The Bertz CT molecular complexity index is 385. The second-order valence-corrected chi connectivity index (χ2v) is 6.28. The Morgan fingerprint density at radius 1 is 1.25 bits per heavy atom. The van der Waals surface area contributed by atoms with Gasteiger partial charge in [0.25, 0.3) is 0 Å². The molecule has 0 bridgehead atoms. The van der Waals surface area contributed by atoms with Crippen LogP contribution in [0.1, 0.15) is 69.7 Å². The third kappa shape index (κ3) is 3.82. The Morgan fingerprint density at radius 2 is 2.05 bits per heavy atom. The zero-order chi connectivity index (χ0) is 14.4. The molecule has 0 radical (unpaired) electrons. The molecule has 2 nitrogen and oxygen atoms in total. The zero-order valence-corrected chi connectivity index (χ0v) is 13.4. The quantitative estimate of drug-likeness (QED) is 0.817. The van der Waals surface area contributed by atoms with Crippen molar-refractivity contribution in [2.45, 2.75) is 65.3 Å². The average molecular weight is 274 g/mol. The number of rotatable bonds is 6. The van der Waals surface area contributed by atoms with Crippen LogP contribution in [0.5, 0.6) is 0 Å². The fraction of sp³-hybridized carbons (Fsp3) is 0.722. The molecule has 2 heteroatoms. The van der Waals surface area contributed by atoms with Crippen LogP contribution in [-0.2, 0) is 0 Å². The molecule has 0 aromatic carbocycles. The van der Waals surface area contributed by atoms with Gasteiger partial charge in [-0.15, -0.1) is 0 Å². The predicted molar refractivity (Wildman–Crippen MR) is 85.7 cm³/mol. The van der Waals surface area contributed by atoms with Gasteiger partial charge in [-0.05, 0) is 49.8 Å². The molecule has 0 amide bonds. The van der Waals surface area contributed by atoms with E-state index in [4.69, 9.17) is 0 Å². The molecular weight excluding hydrogens is 244 g/mol. The van der Waals surface area contributed by atoms with Crippen molar-refractivity contribution >= 4 is 0 Å². The summed E-state index contributed by atoms with van der Waals surface area (Å²) in [7, 11) is 0. The van der Waals surface area contributed by atoms with E-state index in [-0.39, 0.29) is 0 Å². The molecule has 1 fully saturated rings. The smallest absolute Gasteiger partial charge is 0.0372 e. The summed E-state index contributed by atoms with van der Waals surface area (Å²) in [4.78, 5) is 4.51. The van der Waals surface area contributed by atoms with Crippen LogP contribution in [0.3, 0.4) is 0 Å². The van der Waals surface area contributed by atoms with Crippen LogP contribution in [0.2, 0.25) is 0 Å². The van der Waals surface area contributed by atoms with E-state index in [1.165, 1.54) is 44.1 Å². The highest BCUT2D eigenvalue weighted by atomic mass is 14.9. The lowest BCUT2D eigenvalue weighted by molar-refractivity contribution is 0.175.